The third kappa shape index (κ3) is 5.39. The second-order valence-electron chi connectivity index (χ2n) is 7.79. The Morgan fingerprint density at radius 1 is 1.16 bits per heavy atom. The van der Waals surface area contributed by atoms with Crippen molar-refractivity contribution in [3.63, 3.8) is 0 Å². The lowest BCUT2D eigenvalue weighted by molar-refractivity contribution is 0.0967. The third-order valence-corrected chi connectivity index (χ3v) is 6.37. The molecule has 0 saturated heterocycles. The number of aromatic nitrogens is 1. The van der Waals surface area contributed by atoms with Gasteiger partial charge in [-0.25, -0.2) is 9.98 Å². The summed E-state index contributed by atoms with van der Waals surface area (Å²) < 4.78 is 0. The minimum atomic E-state index is -0.100. The molecule has 0 atom stereocenters. The van der Waals surface area contributed by atoms with Crippen LogP contribution in [0.1, 0.15) is 43.9 Å². The van der Waals surface area contributed by atoms with E-state index in [1.54, 1.807) is 7.05 Å². The summed E-state index contributed by atoms with van der Waals surface area (Å²) in [4.78, 5) is 24.7. The fourth-order valence-corrected chi connectivity index (χ4v) is 4.27. The molecular formula is C25H30N4OS. The Morgan fingerprint density at radius 3 is 2.52 bits per heavy atom. The van der Waals surface area contributed by atoms with Crippen molar-refractivity contribution in [1.29, 1.82) is 0 Å². The lowest BCUT2D eigenvalue weighted by atomic mass is 10.0. The van der Waals surface area contributed by atoms with Gasteiger partial charge in [0.2, 0.25) is 0 Å². The van der Waals surface area contributed by atoms with Gasteiger partial charge in [-0.3, -0.25) is 4.79 Å². The van der Waals surface area contributed by atoms with Crippen LogP contribution < -0.4 is 5.32 Å². The number of nitrogens with one attached hydrogen (secondary N) is 1. The van der Waals surface area contributed by atoms with Crippen molar-refractivity contribution in [3.05, 3.63) is 68.5 Å². The van der Waals surface area contributed by atoms with E-state index in [0.29, 0.717) is 11.3 Å². The molecule has 1 heterocycles. The summed E-state index contributed by atoms with van der Waals surface area (Å²) in [6.07, 6.45) is 2.55. The number of aryl methyl sites for hydroxylation is 3. The summed E-state index contributed by atoms with van der Waals surface area (Å²) in [5.41, 5.74) is 7.37. The summed E-state index contributed by atoms with van der Waals surface area (Å²) >= 11 is 1.46. The van der Waals surface area contributed by atoms with Gasteiger partial charge in [-0.15, -0.1) is 11.3 Å². The SMILES string of the molecule is CCN(C)C=Nc1cc(C)c(Cc2nc(-c3ccc(C)cc3)c(C(=O)NC)s2)cc1C. The molecule has 31 heavy (non-hydrogen) atoms. The molecule has 1 N–H and O–H groups in total. The zero-order chi connectivity index (χ0) is 22.5. The van der Waals surface area contributed by atoms with Gasteiger partial charge < -0.3 is 10.2 Å². The number of hydrogen-bond acceptors (Lipinski definition) is 4. The van der Waals surface area contributed by atoms with Crippen molar-refractivity contribution < 1.29 is 4.79 Å². The van der Waals surface area contributed by atoms with Crippen LogP contribution in [0, 0.1) is 20.8 Å². The highest BCUT2D eigenvalue weighted by Gasteiger charge is 2.19. The van der Waals surface area contributed by atoms with Crippen molar-refractivity contribution in [2.75, 3.05) is 20.6 Å². The molecule has 0 radical (unpaired) electrons. The van der Waals surface area contributed by atoms with Crippen molar-refractivity contribution in [2.24, 2.45) is 4.99 Å². The Bertz CT molecular complexity index is 1100. The molecule has 1 aromatic heterocycles. The first-order chi connectivity index (χ1) is 14.8. The summed E-state index contributed by atoms with van der Waals surface area (Å²) in [6.45, 7) is 9.25. The average molecular weight is 435 g/mol. The molecule has 3 aromatic rings. The molecule has 162 valence electrons. The lowest BCUT2D eigenvalue weighted by Gasteiger charge is -2.11. The molecule has 0 aliphatic carbocycles. The summed E-state index contributed by atoms with van der Waals surface area (Å²) in [7, 11) is 3.67. The van der Waals surface area contributed by atoms with Crippen LogP contribution in [0.5, 0.6) is 0 Å². The Hall–Kier alpha value is -2.99. The number of hydrogen-bond donors (Lipinski definition) is 1. The van der Waals surface area contributed by atoms with Gasteiger partial charge >= 0.3 is 0 Å². The van der Waals surface area contributed by atoms with Crippen molar-refractivity contribution in [2.45, 2.75) is 34.1 Å². The summed E-state index contributed by atoms with van der Waals surface area (Å²) in [6, 6.07) is 12.4. The first-order valence-corrected chi connectivity index (χ1v) is 11.3. The maximum Gasteiger partial charge on any atom is 0.263 e. The number of aliphatic imine (C=N–C) groups is 1. The van der Waals surface area contributed by atoms with E-state index in [0.717, 1.165) is 34.1 Å². The van der Waals surface area contributed by atoms with E-state index in [2.05, 4.69) is 50.1 Å². The van der Waals surface area contributed by atoms with E-state index < -0.39 is 0 Å². The Labute approximate surface area is 188 Å². The number of carbonyl (C=O) groups excluding carboxylic acids is 1. The van der Waals surface area contributed by atoms with Crippen LogP contribution in [0.3, 0.4) is 0 Å². The summed E-state index contributed by atoms with van der Waals surface area (Å²) in [5, 5.41) is 3.68. The van der Waals surface area contributed by atoms with E-state index in [-0.39, 0.29) is 5.91 Å². The van der Waals surface area contributed by atoms with Crippen LogP contribution in [0.25, 0.3) is 11.3 Å². The lowest BCUT2D eigenvalue weighted by Crippen LogP contribution is -2.17. The van der Waals surface area contributed by atoms with Gasteiger partial charge in [0.25, 0.3) is 5.91 Å². The van der Waals surface area contributed by atoms with Crippen LogP contribution in [0.2, 0.25) is 0 Å². The van der Waals surface area contributed by atoms with Crippen molar-refractivity contribution in [3.8, 4) is 11.3 Å². The topological polar surface area (TPSA) is 57.6 Å². The first kappa shape index (κ1) is 22.7. The summed E-state index contributed by atoms with van der Waals surface area (Å²) in [5.74, 6) is -0.100. The Morgan fingerprint density at radius 2 is 1.87 bits per heavy atom. The van der Waals surface area contributed by atoms with Gasteiger partial charge in [0.1, 0.15) is 4.88 Å². The van der Waals surface area contributed by atoms with Crippen LogP contribution in [0.4, 0.5) is 5.69 Å². The zero-order valence-corrected chi connectivity index (χ0v) is 19.9. The molecule has 0 bridgehead atoms. The molecule has 0 aliphatic rings. The predicted molar refractivity (Wildman–Crippen MR) is 131 cm³/mol. The smallest absolute Gasteiger partial charge is 0.263 e. The van der Waals surface area contributed by atoms with E-state index in [1.807, 2.05) is 42.6 Å². The molecule has 5 nitrogen and oxygen atoms in total. The van der Waals surface area contributed by atoms with E-state index in [1.165, 1.54) is 28.0 Å². The molecule has 3 rings (SSSR count). The fraction of sp³-hybridized carbons (Fsp3) is 0.320. The molecular weight excluding hydrogens is 404 g/mol. The molecule has 0 saturated carbocycles. The maximum absolute atomic E-state index is 12.5. The van der Waals surface area contributed by atoms with Crippen LogP contribution >= 0.6 is 11.3 Å². The standard InChI is InChI=1S/C25H30N4OS/c1-7-29(6)15-27-21-13-17(3)20(12-18(21)4)14-22-28-23(24(31-22)25(30)26-5)19-10-8-16(2)9-11-19/h8-13,15H,7,14H2,1-6H3,(H,26,30). The fourth-order valence-electron chi connectivity index (χ4n) is 3.21. The van der Waals surface area contributed by atoms with E-state index in [9.17, 15) is 4.79 Å². The number of nitrogens with zero attached hydrogens (tertiary/aromatic N) is 3. The quantitative estimate of drug-likeness (QED) is 0.406. The molecule has 0 aliphatic heterocycles. The highest BCUT2D eigenvalue weighted by atomic mass is 32.1. The second kappa shape index (κ2) is 9.88. The van der Waals surface area contributed by atoms with Gasteiger partial charge in [-0.05, 0) is 50.5 Å². The Kier molecular flexibility index (Phi) is 7.23. The van der Waals surface area contributed by atoms with E-state index in [4.69, 9.17) is 4.98 Å². The minimum absolute atomic E-state index is 0.100. The molecule has 1 amide bonds. The highest BCUT2D eigenvalue weighted by molar-refractivity contribution is 7.14. The molecule has 0 spiro atoms. The van der Waals surface area contributed by atoms with Gasteiger partial charge in [-0.2, -0.15) is 0 Å². The number of amides is 1. The Balaban J connectivity index is 1.94. The number of rotatable bonds is 7. The van der Waals surface area contributed by atoms with E-state index >= 15 is 0 Å². The predicted octanol–water partition coefficient (Wildman–Crippen LogP) is 5.30. The average Bonchev–Trinajstić information content (AvgIpc) is 3.18. The first-order valence-electron chi connectivity index (χ1n) is 10.5. The zero-order valence-electron chi connectivity index (χ0n) is 19.1. The molecule has 0 fully saturated rings. The van der Waals surface area contributed by atoms with Crippen LogP contribution in [-0.2, 0) is 6.42 Å². The highest BCUT2D eigenvalue weighted by Crippen LogP contribution is 2.31. The third-order valence-electron chi connectivity index (χ3n) is 5.32. The molecule has 6 heteroatoms. The van der Waals surface area contributed by atoms with Gasteiger partial charge in [0.15, 0.2) is 0 Å². The number of benzene rings is 2. The van der Waals surface area contributed by atoms with Gasteiger partial charge in [0, 0.05) is 32.6 Å². The van der Waals surface area contributed by atoms with Crippen LogP contribution in [0.15, 0.2) is 41.4 Å². The minimum Gasteiger partial charge on any atom is -0.366 e. The largest absolute Gasteiger partial charge is 0.366 e. The second-order valence-corrected chi connectivity index (χ2v) is 8.87. The van der Waals surface area contributed by atoms with Crippen molar-refractivity contribution >= 4 is 29.3 Å². The molecule has 2 aromatic carbocycles. The van der Waals surface area contributed by atoms with Crippen LogP contribution in [-0.4, -0.2) is 42.8 Å². The number of thiazole rings is 1. The molecule has 0 unspecified atom stereocenters. The monoisotopic (exact) mass is 434 g/mol. The number of carbonyl (C=O) groups is 1. The van der Waals surface area contributed by atoms with Crippen molar-refractivity contribution in [1.82, 2.24) is 15.2 Å². The maximum atomic E-state index is 12.5. The van der Waals surface area contributed by atoms with Gasteiger partial charge in [-0.1, -0.05) is 35.9 Å². The van der Waals surface area contributed by atoms with Gasteiger partial charge in [0.05, 0.1) is 22.7 Å². The normalized spacial score (nSPS) is 11.2.